The van der Waals surface area contributed by atoms with Gasteiger partial charge in [0.2, 0.25) is 11.8 Å². The third-order valence-corrected chi connectivity index (χ3v) is 3.33. The Kier molecular flexibility index (Phi) is 2.26. The van der Waals surface area contributed by atoms with E-state index in [-0.39, 0.29) is 18.4 Å². The Morgan fingerprint density at radius 2 is 2.06 bits per heavy atom. The maximum Gasteiger partial charge on any atom is 0.249 e. The Bertz CT molecular complexity index is 389. The van der Waals surface area contributed by atoms with Gasteiger partial charge in [0.25, 0.3) is 0 Å². The number of fused-ring (bicyclic) bond motifs is 1. The van der Waals surface area contributed by atoms with Crippen molar-refractivity contribution in [2.24, 2.45) is 0 Å². The first-order valence-corrected chi connectivity index (χ1v) is 5.20. The van der Waals surface area contributed by atoms with Crippen molar-refractivity contribution in [2.45, 2.75) is 12.5 Å². The predicted molar refractivity (Wildman–Crippen MR) is 54.9 cm³/mol. The number of amides is 2. The Morgan fingerprint density at radius 1 is 1.38 bits per heavy atom. The van der Waals surface area contributed by atoms with Gasteiger partial charge in [0.1, 0.15) is 12.1 Å². The summed E-state index contributed by atoms with van der Waals surface area (Å²) < 4.78 is 0. The van der Waals surface area contributed by atoms with E-state index < -0.39 is 5.54 Å². The summed E-state index contributed by atoms with van der Waals surface area (Å²) in [7, 11) is 1.72. The molecule has 0 aromatic carbocycles. The van der Waals surface area contributed by atoms with Crippen LogP contribution in [0.4, 0.5) is 0 Å². The second-order valence-corrected chi connectivity index (χ2v) is 4.50. The highest BCUT2D eigenvalue weighted by Crippen LogP contribution is 2.27. The van der Waals surface area contributed by atoms with Gasteiger partial charge < -0.3 is 9.80 Å². The molecule has 6 nitrogen and oxygen atoms in total. The fourth-order valence-electron chi connectivity index (χ4n) is 2.42. The number of carbonyl (C=O) groups is 2. The molecule has 0 aromatic heterocycles. The third-order valence-electron chi connectivity index (χ3n) is 3.33. The molecule has 2 aliphatic rings. The molecular weight excluding hydrogens is 208 g/mol. The summed E-state index contributed by atoms with van der Waals surface area (Å²) in [4.78, 5) is 28.5. The van der Waals surface area contributed by atoms with Gasteiger partial charge in [0, 0.05) is 20.1 Å². The fourth-order valence-corrected chi connectivity index (χ4v) is 2.42. The third kappa shape index (κ3) is 1.32. The van der Waals surface area contributed by atoms with E-state index in [1.165, 1.54) is 4.90 Å². The minimum Gasteiger partial charge on any atom is -0.342 e. The number of hydrogen-bond acceptors (Lipinski definition) is 4. The summed E-state index contributed by atoms with van der Waals surface area (Å²) in [5.41, 5.74) is -0.877. The van der Waals surface area contributed by atoms with Gasteiger partial charge in [-0.25, -0.2) is 0 Å². The molecule has 0 spiro atoms. The molecule has 2 rings (SSSR count). The molecule has 2 fully saturated rings. The minimum absolute atomic E-state index is 0.0864. The van der Waals surface area contributed by atoms with Crippen molar-refractivity contribution in [3.05, 3.63) is 0 Å². The van der Waals surface area contributed by atoms with Gasteiger partial charge in [-0.3, -0.25) is 14.5 Å². The van der Waals surface area contributed by atoms with Crippen molar-refractivity contribution in [3.8, 4) is 6.19 Å². The van der Waals surface area contributed by atoms with Crippen LogP contribution in [0.3, 0.4) is 0 Å². The first-order chi connectivity index (χ1) is 7.49. The van der Waals surface area contributed by atoms with Crippen molar-refractivity contribution < 1.29 is 9.59 Å². The molecule has 1 atom stereocenters. The fraction of sp³-hybridized carbons (Fsp3) is 0.700. The zero-order chi connectivity index (χ0) is 11.9. The van der Waals surface area contributed by atoms with Gasteiger partial charge in [-0.2, -0.15) is 5.26 Å². The molecule has 6 heteroatoms. The minimum atomic E-state index is -0.877. The molecule has 0 saturated carbocycles. The largest absolute Gasteiger partial charge is 0.342 e. The van der Waals surface area contributed by atoms with Crippen molar-refractivity contribution in [1.82, 2.24) is 14.7 Å². The van der Waals surface area contributed by atoms with E-state index in [0.29, 0.717) is 19.6 Å². The molecule has 0 N–H and O–H groups in total. The molecule has 86 valence electrons. The van der Waals surface area contributed by atoms with Crippen molar-refractivity contribution in [2.75, 3.05) is 33.2 Å². The second kappa shape index (κ2) is 3.37. The smallest absolute Gasteiger partial charge is 0.249 e. The van der Waals surface area contributed by atoms with Crippen LogP contribution in [0.2, 0.25) is 0 Å². The van der Waals surface area contributed by atoms with E-state index in [1.807, 2.05) is 6.19 Å². The molecule has 2 saturated heterocycles. The summed E-state index contributed by atoms with van der Waals surface area (Å²) in [5, 5.41) is 8.85. The molecule has 0 radical (unpaired) electrons. The van der Waals surface area contributed by atoms with E-state index in [2.05, 4.69) is 0 Å². The van der Waals surface area contributed by atoms with Crippen LogP contribution >= 0.6 is 0 Å². The van der Waals surface area contributed by atoms with Crippen LogP contribution < -0.4 is 0 Å². The highest BCUT2D eigenvalue weighted by Gasteiger charge is 2.50. The number of nitrogens with zero attached hydrogens (tertiary/aromatic N) is 4. The quantitative estimate of drug-likeness (QED) is 0.485. The van der Waals surface area contributed by atoms with Crippen LogP contribution in [-0.4, -0.2) is 65.3 Å². The SMILES string of the molecule is CN1CCN2C(=O)CN(C#N)CC2(C)C1=O. The lowest BCUT2D eigenvalue weighted by Crippen LogP contribution is -2.72. The number of piperazine rings is 2. The predicted octanol–water partition coefficient (Wildman–Crippen LogP) is -1.16. The van der Waals surface area contributed by atoms with E-state index in [1.54, 1.807) is 23.8 Å². The van der Waals surface area contributed by atoms with Gasteiger partial charge in [-0.1, -0.05) is 0 Å². The van der Waals surface area contributed by atoms with Gasteiger partial charge in [-0.05, 0) is 6.92 Å². The number of rotatable bonds is 0. The summed E-state index contributed by atoms with van der Waals surface area (Å²) in [6.45, 7) is 3.22. The van der Waals surface area contributed by atoms with Crippen LogP contribution in [0.5, 0.6) is 0 Å². The molecule has 0 aromatic rings. The van der Waals surface area contributed by atoms with Gasteiger partial charge in [0.05, 0.1) is 6.54 Å². The number of nitriles is 1. The van der Waals surface area contributed by atoms with Crippen LogP contribution in [-0.2, 0) is 9.59 Å². The Morgan fingerprint density at radius 3 is 2.69 bits per heavy atom. The van der Waals surface area contributed by atoms with Crippen LogP contribution in [0.1, 0.15) is 6.92 Å². The van der Waals surface area contributed by atoms with Crippen LogP contribution in [0.15, 0.2) is 0 Å². The van der Waals surface area contributed by atoms with E-state index in [9.17, 15) is 9.59 Å². The molecule has 16 heavy (non-hydrogen) atoms. The highest BCUT2D eigenvalue weighted by molar-refractivity contribution is 5.94. The van der Waals surface area contributed by atoms with Crippen molar-refractivity contribution in [1.29, 1.82) is 5.26 Å². The van der Waals surface area contributed by atoms with Gasteiger partial charge >= 0.3 is 0 Å². The number of hydrogen-bond donors (Lipinski definition) is 0. The first kappa shape index (κ1) is 10.7. The Balaban J connectivity index is 2.34. The highest BCUT2D eigenvalue weighted by atomic mass is 16.2. The average molecular weight is 222 g/mol. The van der Waals surface area contributed by atoms with Crippen LogP contribution in [0.25, 0.3) is 0 Å². The maximum absolute atomic E-state index is 12.1. The lowest BCUT2D eigenvalue weighted by atomic mass is 9.92. The van der Waals surface area contributed by atoms with Gasteiger partial charge in [-0.15, -0.1) is 0 Å². The molecule has 0 aliphatic carbocycles. The monoisotopic (exact) mass is 222 g/mol. The lowest BCUT2D eigenvalue weighted by molar-refractivity contribution is -0.164. The normalized spacial score (nSPS) is 30.2. The first-order valence-electron chi connectivity index (χ1n) is 5.20. The van der Waals surface area contributed by atoms with E-state index >= 15 is 0 Å². The topological polar surface area (TPSA) is 67.7 Å². The van der Waals surface area contributed by atoms with E-state index in [4.69, 9.17) is 5.26 Å². The lowest BCUT2D eigenvalue weighted by Gasteiger charge is -2.50. The summed E-state index contributed by atoms with van der Waals surface area (Å²) >= 11 is 0. The summed E-state index contributed by atoms with van der Waals surface area (Å²) in [6.07, 6.45) is 1.94. The molecule has 2 amide bonds. The van der Waals surface area contributed by atoms with Crippen LogP contribution in [0, 0.1) is 11.5 Å². The zero-order valence-electron chi connectivity index (χ0n) is 9.43. The Hall–Kier alpha value is -1.77. The van der Waals surface area contributed by atoms with Gasteiger partial charge in [0.15, 0.2) is 6.19 Å². The Labute approximate surface area is 94.0 Å². The molecular formula is C10H14N4O2. The molecule has 2 heterocycles. The molecule has 1 unspecified atom stereocenters. The standard InChI is InChI=1S/C10H14N4O2/c1-10-6-13(7-11)5-8(15)14(10)4-3-12(2)9(10)16/h3-6H2,1-2H3. The molecule has 0 bridgehead atoms. The van der Waals surface area contributed by atoms with E-state index in [0.717, 1.165) is 0 Å². The van der Waals surface area contributed by atoms with Crippen molar-refractivity contribution in [3.63, 3.8) is 0 Å². The zero-order valence-corrected chi connectivity index (χ0v) is 9.43. The summed E-state index contributed by atoms with van der Waals surface area (Å²) in [5.74, 6) is -0.233. The van der Waals surface area contributed by atoms with Crippen molar-refractivity contribution >= 4 is 11.8 Å². The number of carbonyl (C=O) groups excluding carboxylic acids is 2. The number of likely N-dealkylation sites (N-methyl/N-ethyl adjacent to an activating group) is 1. The average Bonchev–Trinajstić information content (AvgIpc) is 2.24. The summed E-state index contributed by atoms with van der Waals surface area (Å²) in [6, 6.07) is 0. The maximum atomic E-state index is 12.1. The second-order valence-electron chi connectivity index (χ2n) is 4.50. The molecule has 2 aliphatic heterocycles.